The molecule has 0 unspecified atom stereocenters. The SMILES string of the molecule is c1ccc(-c2nc(-c3ccccc3)nc(-c3cccc(-c4ccc5c(c4)C4(c6cc7ccccc7cc6-5)c5ccccc5N(c5ccccc5)c5ccccc54)c3)n2)cc1. The molecule has 0 saturated carbocycles. The third kappa shape index (κ3) is 5.21. The zero-order valence-corrected chi connectivity index (χ0v) is 32.6. The van der Waals surface area contributed by atoms with Crippen LogP contribution in [0.2, 0.25) is 0 Å². The molecule has 280 valence electrons. The second-order valence-electron chi connectivity index (χ2n) is 15.6. The molecule has 1 aliphatic heterocycles. The van der Waals surface area contributed by atoms with E-state index in [4.69, 9.17) is 15.0 Å². The molecule has 12 rings (SSSR count). The second kappa shape index (κ2) is 13.6. The molecule has 0 amide bonds. The summed E-state index contributed by atoms with van der Waals surface area (Å²) < 4.78 is 0. The molecule has 1 aromatic heterocycles. The number of benzene rings is 9. The highest BCUT2D eigenvalue weighted by atomic mass is 15.2. The molecular weight excluding hydrogens is 729 g/mol. The van der Waals surface area contributed by atoms with Crippen molar-refractivity contribution in [3.05, 3.63) is 241 Å². The Morgan fingerprint density at radius 2 is 0.767 bits per heavy atom. The van der Waals surface area contributed by atoms with Crippen LogP contribution >= 0.6 is 0 Å². The Bertz CT molecular complexity index is 3160. The smallest absolute Gasteiger partial charge is 0.164 e. The van der Waals surface area contributed by atoms with Gasteiger partial charge in [-0.25, -0.2) is 15.0 Å². The summed E-state index contributed by atoms with van der Waals surface area (Å²) in [5.74, 6) is 1.93. The Hall–Kier alpha value is -7.95. The fourth-order valence-electron chi connectivity index (χ4n) is 9.64. The van der Waals surface area contributed by atoms with Crippen LogP contribution in [-0.2, 0) is 5.41 Å². The zero-order valence-electron chi connectivity index (χ0n) is 32.6. The predicted molar refractivity (Wildman–Crippen MR) is 245 cm³/mol. The molecule has 2 heterocycles. The van der Waals surface area contributed by atoms with Crippen LogP contribution in [0.25, 0.3) is 67.2 Å². The standard InChI is InChI=1S/C56H36N4/c1-4-17-37(18-5-1)53-57-54(38-19-6-2-7-20-38)59-55(58-53)43-24-16-23-39(33-43)42-31-32-45-46-34-40-21-10-11-22-41(40)35-50(46)56(49(45)36-42)47-27-12-14-29-51(47)60(44-25-8-3-9-26-44)52-30-15-13-28-48(52)56/h1-36H. The molecule has 60 heavy (non-hydrogen) atoms. The summed E-state index contributed by atoms with van der Waals surface area (Å²) in [6.07, 6.45) is 0. The van der Waals surface area contributed by atoms with Crippen molar-refractivity contribution in [2.45, 2.75) is 5.41 Å². The summed E-state index contributed by atoms with van der Waals surface area (Å²) in [6.45, 7) is 0. The Morgan fingerprint density at radius 3 is 1.40 bits per heavy atom. The number of anilines is 3. The minimum absolute atomic E-state index is 0.579. The highest BCUT2D eigenvalue weighted by molar-refractivity contribution is 6.00. The van der Waals surface area contributed by atoms with Gasteiger partial charge in [-0.05, 0) is 104 Å². The van der Waals surface area contributed by atoms with Crippen molar-refractivity contribution in [1.82, 2.24) is 15.0 Å². The zero-order chi connectivity index (χ0) is 39.6. The Balaban J connectivity index is 1.08. The summed E-state index contributed by atoms with van der Waals surface area (Å²) in [6, 6.07) is 78.4. The van der Waals surface area contributed by atoms with Crippen LogP contribution in [0.4, 0.5) is 17.1 Å². The minimum Gasteiger partial charge on any atom is -0.310 e. The average Bonchev–Trinajstić information content (AvgIpc) is 3.60. The number of hydrogen-bond donors (Lipinski definition) is 0. The highest BCUT2D eigenvalue weighted by Crippen LogP contribution is 2.64. The van der Waals surface area contributed by atoms with Crippen LogP contribution in [0, 0.1) is 0 Å². The van der Waals surface area contributed by atoms with E-state index in [-0.39, 0.29) is 0 Å². The monoisotopic (exact) mass is 764 g/mol. The van der Waals surface area contributed by atoms with Crippen molar-refractivity contribution < 1.29 is 0 Å². The molecule has 0 saturated heterocycles. The summed E-state index contributed by atoms with van der Waals surface area (Å²) in [4.78, 5) is 17.5. The second-order valence-corrected chi connectivity index (χ2v) is 15.6. The predicted octanol–water partition coefficient (Wildman–Crippen LogP) is 13.8. The van der Waals surface area contributed by atoms with Gasteiger partial charge in [-0.3, -0.25) is 0 Å². The maximum Gasteiger partial charge on any atom is 0.164 e. The number of nitrogens with zero attached hydrogens (tertiary/aromatic N) is 4. The van der Waals surface area contributed by atoms with Crippen molar-refractivity contribution >= 4 is 27.8 Å². The van der Waals surface area contributed by atoms with E-state index < -0.39 is 5.41 Å². The minimum atomic E-state index is -0.579. The lowest BCUT2D eigenvalue weighted by molar-refractivity contribution is 0.754. The van der Waals surface area contributed by atoms with Gasteiger partial charge in [0.25, 0.3) is 0 Å². The summed E-state index contributed by atoms with van der Waals surface area (Å²) >= 11 is 0. The largest absolute Gasteiger partial charge is 0.310 e. The fraction of sp³-hybridized carbons (Fsp3) is 0.0179. The molecule has 4 nitrogen and oxygen atoms in total. The van der Waals surface area contributed by atoms with Crippen LogP contribution < -0.4 is 4.90 Å². The number of fused-ring (bicyclic) bond motifs is 10. The van der Waals surface area contributed by atoms with Crippen molar-refractivity contribution in [2.24, 2.45) is 0 Å². The number of hydrogen-bond acceptors (Lipinski definition) is 4. The molecular formula is C56H36N4. The van der Waals surface area contributed by atoms with Crippen LogP contribution in [0.1, 0.15) is 22.3 Å². The lowest BCUT2D eigenvalue weighted by Crippen LogP contribution is -2.36. The Labute approximate surface area is 348 Å². The van der Waals surface area contributed by atoms with E-state index >= 15 is 0 Å². The fourth-order valence-corrected chi connectivity index (χ4v) is 9.64. The molecule has 0 N–H and O–H groups in total. The van der Waals surface area contributed by atoms with Crippen molar-refractivity contribution in [3.63, 3.8) is 0 Å². The van der Waals surface area contributed by atoms with Gasteiger partial charge >= 0.3 is 0 Å². The summed E-state index contributed by atoms with van der Waals surface area (Å²) in [7, 11) is 0. The molecule has 9 aromatic carbocycles. The lowest BCUT2D eigenvalue weighted by atomic mass is 9.64. The molecule has 0 atom stereocenters. The van der Waals surface area contributed by atoms with Crippen molar-refractivity contribution in [3.8, 4) is 56.4 Å². The molecule has 0 bridgehead atoms. The van der Waals surface area contributed by atoms with E-state index in [0.29, 0.717) is 17.5 Å². The van der Waals surface area contributed by atoms with E-state index in [0.717, 1.165) is 33.5 Å². The highest BCUT2D eigenvalue weighted by Gasteiger charge is 2.52. The van der Waals surface area contributed by atoms with Crippen molar-refractivity contribution in [2.75, 3.05) is 4.90 Å². The van der Waals surface area contributed by atoms with Crippen LogP contribution in [-0.4, -0.2) is 15.0 Å². The lowest BCUT2D eigenvalue weighted by Gasteiger charge is -2.45. The quantitative estimate of drug-likeness (QED) is 0.175. The van der Waals surface area contributed by atoms with Gasteiger partial charge in [0.05, 0.1) is 16.8 Å². The van der Waals surface area contributed by atoms with Gasteiger partial charge in [-0.1, -0.05) is 170 Å². The van der Waals surface area contributed by atoms with Gasteiger partial charge < -0.3 is 4.90 Å². The average molecular weight is 765 g/mol. The maximum absolute atomic E-state index is 5.07. The molecule has 2 aliphatic rings. The van der Waals surface area contributed by atoms with E-state index in [1.165, 1.54) is 55.5 Å². The van der Waals surface area contributed by atoms with E-state index in [1.807, 2.05) is 60.7 Å². The maximum atomic E-state index is 5.07. The summed E-state index contributed by atoms with van der Waals surface area (Å²) in [5, 5.41) is 2.47. The number of para-hydroxylation sites is 3. The van der Waals surface area contributed by atoms with Gasteiger partial charge in [-0.2, -0.15) is 0 Å². The Morgan fingerprint density at radius 1 is 0.300 bits per heavy atom. The first-order valence-corrected chi connectivity index (χ1v) is 20.4. The van der Waals surface area contributed by atoms with Crippen LogP contribution in [0.3, 0.4) is 0 Å². The van der Waals surface area contributed by atoms with Crippen LogP contribution in [0.15, 0.2) is 218 Å². The van der Waals surface area contributed by atoms with E-state index in [1.54, 1.807) is 0 Å². The van der Waals surface area contributed by atoms with E-state index in [2.05, 4.69) is 163 Å². The first kappa shape index (κ1) is 34.1. The van der Waals surface area contributed by atoms with Crippen molar-refractivity contribution in [1.29, 1.82) is 0 Å². The normalized spacial score (nSPS) is 13.1. The van der Waals surface area contributed by atoms with Gasteiger partial charge in [0.2, 0.25) is 0 Å². The Kier molecular flexibility index (Phi) is 7.72. The summed E-state index contributed by atoms with van der Waals surface area (Å²) in [5.41, 5.74) is 15.6. The molecule has 0 radical (unpaired) electrons. The van der Waals surface area contributed by atoms with Gasteiger partial charge in [0.1, 0.15) is 0 Å². The van der Waals surface area contributed by atoms with Gasteiger partial charge in [0, 0.05) is 22.4 Å². The number of rotatable bonds is 5. The molecule has 4 heteroatoms. The molecule has 1 aliphatic carbocycles. The first-order valence-electron chi connectivity index (χ1n) is 20.4. The first-order chi connectivity index (χ1) is 29.7. The topological polar surface area (TPSA) is 41.9 Å². The van der Waals surface area contributed by atoms with Gasteiger partial charge in [0.15, 0.2) is 17.5 Å². The van der Waals surface area contributed by atoms with E-state index in [9.17, 15) is 0 Å². The third-order valence-corrected chi connectivity index (χ3v) is 12.3. The molecule has 0 fully saturated rings. The number of aromatic nitrogens is 3. The van der Waals surface area contributed by atoms with Gasteiger partial charge in [-0.15, -0.1) is 0 Å². The molecule has 1 spiro atoms. The molecule has 10 aromatic rings. The van der Waals surface area contributed by atoms with Crippen LogP contribution in [0.5, 0.6) is 0 Å². The third-order valence-electron chi connectivity index (χ3n) is 12.3.